The molecule has 8 heteroatoms. The fraction of sp³-hybridized carbons (Fsp3) is 0.310. The molecule has 1 aliphatic heterocycles. The predicted octanol–water partition coefficient (Wildman–Crippen LogP) is 5.03. The number of ether oxygens (including phenoxy) is 1. The maximum Gasteiger partial charge on any atom is 0.264 e. The Morgan fingerprint density at radius 1 is 1.05 bits per heavy atom. The third kappa shape index (κ3) is 6.07. The highest BCUT2D eigenvalue weighted by Gasteiger charge is 2.27. The van der Waals surface area contributed by atoms with Gasteiger partial charge in [0.05, 0.1) is 5.56 Å². The Hall–Kier alpha value is -4.38. The summed E-state index contributed by atoms with van der Waals surface area (Å²) in [4.78, 5) is 23.2. The molecule has 2 aromatic carbocycles. The molecule has 0 radical (unpaired) electrons. The zero-order valence-corrected chi connectivity index (χ0v) is 20.6. The highest BCUT2D eigenvalue weighted by Crippen LogP contribution is 2.34. The molecule has 5 rings (SSSR count). The number of nitrogen functional groups attached to an aromatic ring is 1. The number of hydrogen-bond acceptors (Lipinski definition) is 7. The lowest BCUT2D eigenvalue weighted by molar-refractivity contribution is -0.128. The molecular formula is C29H30N6O2. The molecule has 1 saturated carbocycles. The highest BCUT2D eigenvalue weighted by atomic mass is 16.5. The van der Waals surface area contributed by atoms with Crippen LogP contribution < -0.4 is 15.8 Å². The van der Waals surface area contributed by atoms with Crippen molar-refractivity contribution in [3.63, 3.8) is 0 Å². The second kappa shape index (κ2) is 11.1. The van der Waals surface area contributed by atoms with Gasteiger partial charge in [-0.25, -0.2) is 9.97 Å². The molecule has 2 fully saturated rings. The largest absolute Gasteiger partial charge is 0.457 e. The van der Waals surface area contributed by atoms with Crippen molar-refractivity contribution in [2.24, 2.45) is 11.8 Å². The molecule has 0 spiro atoms. The standard InChI is InChI=1S/C29H30N6O2/c30-17-23(16-20-6-7-20)29(36)35-14-12-21(13-15-35)18-32-28-26(27(31)33-19-34-28)22-8-10-25(11-9-22)37-24-4-2-1-3-5-24/h1-5,8-11,16,19-21H,6-7,12-15,18H2,(H3,31,32,33,34)/b23-16+. The lowest BCUT2D eigenvalue weighted by atomic mass is 9.96. The number of benzene rings is 2. The number of carbonyl (C=O) groups is 1. The van der Waals surface area contributed by atoms with E-state index in [2.05, 4.69) is 21.4 Å². The molecule has 1 amide bonds. The molecule has 188 valence electrons. The number of nitrogens with two attached hydrogens (primary N) is 1. The van der Waals surface area contributed by atoms with Gasteiger partial charge >= 0.3 is 0 Å². The number of amides is 1. The summed E-state index contributed by atoms with van der Waals surface area (Å²) in [5.74, 6) is 3.24. The number of para-hydroxylation sites is 1. The van der Waals surface area contributed by atoms with Crippen molar-refractivity contribution in [3.05, 3.63) is 72.6 Å². The van der Waals surface area contributed by atoms with E-state index in [0.29, 0.717) is 48.7 Å². The Balaban J connectivity index is 1.20. The second-order valence-corrected chi connectivity index (χ2v) is 9.57. The lowest BCUT2D eigenvalue weighted by Crippen LogP contribution is -2.40. The number of allylic oxidation sites excluding steroid dienone is 1. The molecule has 0 bridgehead atoms. The van der Waals surface area contributed by atoms with Gasteiger partial charge in [0.25, 0.3) is 5.91 Å². The number of aromatic nitrogens is 2. The van der Waals surface area contributed by atoms with Crippen LogP contribution in [0.25, 0.3) is 11.1 Å². The summed E-state index contributed by atoms with van der Waals surface area (Å²) in [6.45, 7) is 2.01. The number of likely N-dealkylation sites (tertiary alicyclic amines) is 1. The van der Waals surface area contributed by atoms with Crippen LogP contribution >= 0.6 is 0 Å². The number of carbonyl (C=O) groups excluding carboxylic acids is 1. The topological polar surface area (TPSA) is 117 Å². The quantitative estimate of drug-likeness (QED) is 0.333. The van der Waals surface area contributed by atoms with E-state index in [1.165, 1.54) is 6.33 Å². The summed E-state index contributed by atoms with van der Waals surface area (Å²) in [6.07, 6.45) is 7.19. The molecule has 3 N–H and O–H groups in total. The number of anilines is 2. The van der Waals surface area contributed by atoms with E-state index in [-0.39, 0.29) is 5.91 Å². The highest BCUT2D eigenvalue weighted by molar-refractivity contribution is 5.97. The van der Waals surface area contributed by atoms with Gasteiger partial charge in [0.15, 0.2) is 0 Å². The molecule has 2 heterocycles. The van der Waals surface area contributed by atoms with Crippen molar-refractivity contribution in [2.45, 2.75) is 25.7 Å². The molecule has 37 heavy (non-hydrogen) atoms. The van der Waals surface area contributed by atoms with E-state index in [1.807, 2.05) is 60.7 Å². The average Bonchev–Trinajstić information content (AvgIpc) is 3.76. The maximum atomic E-state index is 12.7. The molecule has 3 aromatic rings. The van der Waals surface area contributed by atoms with Crippen molar-refractivity contribution in [1.29, 1.82) is 5.26 Å². The van der Waals surface area contributed by atoms with Crippen molar-refractivity contribution < 1.29 is 9.53 Å². The molecule has 2 aliphatic rings. The average molecular weight is 495 g/mol. The van der Waals surface area contributed by atoms with E-state index < -0.39 is 0 Å². The summed E-state index contributed by atoms with van der Waals surface area (Å²) < 4.78 is 5.90. The minimum Gasteiger partial charge on any atom is -0.457 e. The number of nitriles is 1. The van der Waals surface area contributed by atoms with Crippen LogP contribution in [-0.4, -0.2) is 40.4 Å². The van der Waals surface area contributed by atoms with E-state index >= 15 is 0 Å². The summed E-state index contributed by atoms with van der Waals surface area (Å²) in [6, 6.07) is 19.4. The minimum absolute atomic E-state index is 0.133. The molecule has 0 unspecified atom stereocenters. The SMILES string of the molecule is N#C/C(=C\C1CC1)C(=O)N1CCC(CNc2ncnc(N)c2-c2ccc(Oc3ccccc3)cc2)CC1. The van der Waals surface area contributed by atoms with Crippen LogP contribution in [0.5, 0.6) is 11.5 Å². The fourth-order valence-electron chi connectivity index (χ4n) is 4.54. The van der Waals surface area contributed by atoms with Gasteiger partial charge in [-0.3, -0.25) is 4.79 Å². The summed E-state index contributed by atoms with van der Waals surface area (Å²) >= 11 is 0. The number of rotatable bonds is 8. The third-order valence-electron chi connectivity index (χ3n) is 6.83. The smallest absolute Gasteiger partial charge is 0.264 e. The Kier molecular flexibility index (Phi) is 7.31. The predicted molar refractivity (Wildman–Crippen MR) is 143 cm³/mol. The summed E-state index contributed by atoms with van der Waals surface area (Å²) in [5, 5.41) is 12.8. The van der Waals surface area contributed by atoms with Gasteiger partial charge in [0.2, 0.25) is 0 Å². The first-order chi connectivity index (χ1) is 18.1. The van der Waals surface area contributed by atoms with Crippen LogP contribution in [0.3, 0.4) is 0 Å². The molecule has 8 nitrogen and oxygen atoms in total. The van der Waals surface area contributed by atoms with Crippen molar-refractivity contribution in [3.8, 4) is 28.7 Å². The first-order valence-electron chi connectivity index (χ1n) is 12.7. The van der Waals surface area contributed by atoms with E-state index in [0.717, 1.165) is 48.3 Å². The Morgan fingerprint density at radius 3 is 2.43 bits per heavy atom. The number of nitrogens with one attached hydrogen (secondary N) is 1. The third-order valence-corrected chi connectivity index (χ3v) is 6.83. The van der Waals surface area contributed by atoms with Gasteiger partial charge in [0.1, 0.15) is 41.1 Å². The van der Waals surface area contributed by atoms with E-state index in [9.17, 15) is 10.1 Å². The zero-order valence-electron chi connectivity index (χ0n) is 20.6. The molecule has 1 aliphatic carbocycles. The molecule has 1 saturated heterocycles. The Bertz CT molecular complexity index is 1300. The Labute approximate surface area is 216 Å². The number of nitrogens with zero attached hydrogens (tertiary/aromatic N) is 4. The number of piperidine rings is 1. The van der Waals surface area contributed by atoms with Crippen molar-refractivity contribution in [2.75, 3.05) is 30.7 Å². The minimum atomic E-state index is -0.133. The van der Waals surface area contributed by atoms with Crippen LogP contribution in [0.2, 0.25) is 0 Å². The number of hydrogen-bond donors (Lipinski definition) is 2. The van der Waals surface area contributed by atoms with Crippen molar-refractivity contribution >= 4 is 17.5 Å². The normalized spacial score (nSPS) is 16.2. The van der Waals surface area contributed by atoms with E-state index in [4.69, 9.17) is 10.5 Å². The van der Waals surface area contributed by atoms with Crippen LogP contribution in [0, 0.1) is 23.2 Å². The molecule has 1 aromatic heterocycles. The fourth-order valence-corrected chi connectivity index (χ4v) is 4.54. The van der Waals surface area contributed by atoms with Gasteiger partial charge in [-0.15, -0.1) is 0 Å². The van der Waals surface area contributed by atoms with Crippen LogP contribution in [0.15, 0.2) is 72.6 Å². The van der Waals surface area contributed by atoms with Gasteiger partial charge < -0.3 is 20.7 Å². The first-order valence-corrected chi connectivity index (χ1v) is 12.7. The zero-order chi connectivity index (χ0) is 25.6. The summed E-state index contributed by atoms with van der Waals surface area (Å²) in [5.41, 5.74) is 8.20. The van der Waals surface area contributed by atoms with Crippen LogP contribution in [0.4, 0.5) is 11.6 Å². The second-order valence-electron chi connectivity index (χ2n) is 9.57. The van der Waals surface area contributed by atoms with E-state index in [1.54, 1.807) is 4.90 Å². The monoisotopic (exact) mass is 494 g/mol. The first kappa shape index (κ1) is 24.3. The molecule has 0 atom stereocenters. The van der Waals surface area contributed by atoms with Gasteiger partial charge in [0, 0.05) is 19.6 Å². The van der Waals surface area contributed by atoms with Gasteiger partial charge in [-0.2, -0.15) is 5.26 Å². The lowest BCUT2D eigenvalue weighted by Gasteiger charge is -2.32. The van der Waals surface area contributed by atoms with Crippen molar-refractivity contribution in [1.82, 2.24) is 14.9 Å². The maximum absolute atomic E-state index is 12.7. The molecular weight excluding hydrogens is 464 g/mol. The van der Waals surface area contributed by atoms with Gasteiger partial charge in [-0.05, 0) is 67.3 Å². The Morgan fingerprint density at radius 2 is 1.76 bits per heavy atom. The van der Waals surface area contributed by atoms with Gasteiger partial charge in [-0.1, -0.05) is 36.4 Å². The van der Waals surface area contributed by atoms with Crippen LogP contribution in [-0.2, 0) is 4.79 Å². The van der Waals surface area contributed by atoms with Crippen LogP contribution in [0.1, 0.15) is 25.7 Å². The summed E-state index contributed by atoms with van der Waals surface area (Å²) in [7, 11) is 0.